The molecule has 1 amide bonds. The molecule has 0 bridgehead atoms. The number of hydrogen-bond donors (Lipinski definition) is 1. The van der Waals surface area contributed by atoms with Crippen LogP contribution in [0.5, 0.6) is 0 Å². The Morgan fingerprint density at radius 1 is 1.53 bits per heavy atom. The maximum atomic E-state index is 11.1. The van der Waals surface area contributed by atoms with Gasteiger partial charge in [0.2, 0.25) is 5.13 Å². The highest BCUT2D eigenvalue weighted by molar-refractivity contribution is 8.77. The lowest BCUT2D eigenvalue weighted by Crippen LogP contribution is -2.19. The number of hydrogen-bond acceptors (Lipinski definition) is 5. The summed E-state index contributed by atoms with van der Waals surface area (Å²) in [4.78, 5) is 15.5. The van der Waals surface area contributed by atoms with Crippen LogP contribution in [0.25, 0.3) is 10.2 Å². The third-order valence-corrected chi connectivity index (χ3v) is 5.30. The number of para-hydroxylation sites is 1. The largest absolute Gasteiger partial charge is 0.464 e. The second kappa shape index (κ2) is 5.61. The van der Waals surface area contributed by atoms with E-state index in [1.807, 2.05) is 31.2 Å². The number of carboxylic acid groups (broad SMARTS) is 1. The Balaban J connectivity index is 2.31. The van der Waals surface area contributed by atoms with Crippen LogP contribution >= 0.6 is 33.1 Å². The predicted molar refractivity (Wildman–Crippen MR) is 75.8 cm³/mol. The van der Waals surface area contributed by atoms with E-state index in [2.05, 4.69) is 4.98 Å². The molecule has 17 heavy (non-hydrogen) atoms. The lowest BCUT2D eigenvalue weighted by molar-refractivity contribution is 0.206. The lowest BCUT2D eigenvalue weighted by Gasteiger charge is -2.12. The molecule has 0 radical (unpaired) electrons. The van der Waals surface area contributed by atoms with Gasteiger partial charge in [-0.05, 0) is 12.1 Å². The molecule has 0 aliphatic heterocycles. The second-order valence-corrected chi connectivity index (χ2v) is 6.51. The lowest BCUT2D eigenvalue weighted by atomic mass is 10.3. The monoisotopic (exact) mass is 286 g/mol. The Bertz CT molecular complexity index is 496. The van der Waals surface area contributed by atoms with Crippen LogP contribution < -0.4 is 4.31 Å². The van der Waals surface area contributed by atoms with E-state index >= 15 is 0 Å². The van der Waals surface area contributed by atoms with Gasteiger partial charge in [0, 0.05) is 16.7 Å². The minimum Gasteiger partial charge on any atom is -0.464 e. The first-order valence-corrected chi connectivity index (χ1v) is 8.00. The molecule has 2 rings (SSSR count). The summed E-state index contributed by atoms with van der Waals surface area (Å²) < 4.78 is 2.20. The maximum absolute atomic E-state index is 11.1. The van der Waals surface area contributed by atoms with E-state index in [0.29, 0.717) is 5.13 Å². The molecule has 2 aromatic rings. The van der Waals surface area contributed by atoms with Gasteiger partial charge in [-0.25, -0.2) is 9.78 Å². The molecular weight excluding hydrogens is 276 g/mol. The highest BCUT2D eigenvalue weighted by Gasteiger charge is 2.19. The molecule has 1 N–H and O–H groups in total. The minimum atomic E-state index is -0.991. The number of benzene rings is 1. The number of rotatable bonds is 4. The van der Waals surface area contributed by atoms with E-state index in [0.717, 1.165) is 16.0 Å². The van der Waals surface area contributed by atoms with Crippen molar-refractivity contribution in [2.45, 2.75) is 6.92 Å². The molecule has 0 unspecified atom stereocenters. The zero-order chi connectivity index (χ0) is 12.3. The van der Waals surface area contributed by atoms with Gasteiger partial charge in [0.05, 0.1) is 10.2 Å². The molecule has 0 fully saturated rings. The molecule has 0 spiro atoms. The first-order chi connectivity index (χ1) is 8.22. The van der Waals surface area contributed by atoms with Gasteiger partial charge in [0.25, 0.3) is 0 Å². The standard InChI is InChI=1S/C10H10N2O2S3/c1-2-15-17-12(10(13)14)9-11-7-5-3-4-6-8(7)16-9/h3-6H,2H2,1H3,(H,13,14). The summed E-state index contributed by atoms with van der Waals surface area (Å²) >= 11 is 1.38. The van der Waals surface area contributed by atoms with E-state index < -0.39 is 6.09 Å². The van der Waals surface area contributed by atoms with E-state index in [1.54, 1.807) is 0 Å². The number of aromatic nitrogens is 1. The Kier molecular flexibility index (Phi) is 4.14. The summed E-state index contributed by atoms with van der Waals surface area (Å²) in [6.45, 7) is 1.98. The van der Waals surface area contributed by atoms with Crippen molar-refractivity contribution in [3.05, 3.63) is 24.3 Å². The van der Waals surface area contributed by atoms with Crippen LogP contribution in [0.15, 0.2) is 24.3 Å². The topological polar surface area (TPSA) is 53.4 Å². The number of fused-ring (bicyclic) bond motifs is 1. The third kappa shape index (κ3) is 2.85. The Labute approximate surface area is 111 Å². The van der Waals surface area contributed by atoms with Crippen molar-refractivity contribution in [3.8, 4) is 0 Å². The van der Waals surface area contributed by atoms with Gasteiger partial charge >= 0.3 is 6.09 Å². The van der Waals surface area contributed by atoms with Gasteiger partial charge in [-0.2, -0.15) is 4.31 Å². The van der Waals surface area contributed by atoms with Crippen molar-refractivity contribution in [1.82, 2.24) is 4.98 Å². The minimum absolute atomic E-state index is 0.504. The summed E-state index contributed by atoms with van der Waals surface area (Å²) in [7, 11) is 2.67. The molecule has 90 valence electrons. The smallest absolute Gasteiger partial charge is 0.424 e. The van der Waals surface area contributed by atoms with Crippen molar-refractivity contribution >= 4 is 54.6 Å². The van der Waals surface area contributed by atoms with Crippen molar-refractivity contribution < 1.29 is 9.90 Å². The molecule has 0 aliphatic carbocycles. The van der Waals surface area contributed by atoms with Gasteiger partial charge in [-0.15, -0.1) is 0 Å². The van der Waals surface area contributed by atoms with E-state index in [-0.39, 0.29) is 0 Å². The van der Waals surface area contributed by atoms with Gasteiger partial charge in [-0.3, -0.25) is 0 Å². The highest BCUT2D eigenvalue weighted by Crippen LogP contribution is 2.36. The Morgan fingerprint density at radius 3 is 2.94 bits per heavy atom. The van der Waals surface area contributed by atoms with E-state index in [4.69, 9.17) is 5.11 Å². The number of amides is 1. The van der Waals surface area contributed by atoms with Gasteiger partial charge in [0.1, 0.15) is 0 Å². The van der Waals surface area contributed by atoms with Crippen LogP contribution in [0, 0.1) is 0 Å². The predicted octanol–water partition coefficient (Wildman–Crippen LogP) is 4.10. The number of anilines is 1. The third-order valence-electron chi connectivity index (χ3n) is 1.88. The molecule has 7 heteroatoms. The SMILES string of the molecule is CCSSN(C(=O)O)c1nc2ccccc2s1. The van der Waals surface area contributed by atoms with Crippen LogP contribution in [0.1, 0.15) is 6.92 Å². The molecular formula is C10H10N2O2S3. The molecule has 1 heterocycles. The summed E-state index contributed by atoms with van der Waals surface area (Å²) in [5.41, 5.74) is 0.834. The molecule has 0 saturated heterocycles. The molecule has 1 aromatic heterocycles. The van der Waals surface area contributed by atoms with Crippen LogP contribution in [0.3, 0.4) is 0 Å². The van der Waals surface area contributed by atoms with E-state index in [9.17, 15) is 4.79 Å². The first kappa shape index (κ1) is 12.5. The molecule has 0 aliphatic rings. The molecule has 4 nitrogen and oxygen atoms in total. The van der Waals surface area contributed by atoms with Crippen molar-refractivity contribution in [2.75, 3.05) is 10.1 Å². The average Bonchev–Trinajstić information content (AvgIpc) is 2.72. The zero-order valence-corrected chi connectivity index (χ0v) is 11.4. The van der Waals surface area contributed by atoms with Gasteiger partial charge < -0.3 is 5.11 Å². The number of thiazole rings is 1. The van der Waals surface area contributed by atoms with Crippen LogP contribution in [0.4, 0.5) is 9.93 Å². The molecule has 0 atom stereocenters. The van der Waals surface area contributed by atoms with Crippen molar-refractivity contribution in [3.63, 3.8) is 0 Å². The zero-order valence-electron chi connectivity index (χ0n) is 8.99. The quantitative estimate of drug-likeness (QED) is 0.677. The fourth-order valence-corrected chi connectivity index (χ4v) is 3.84. The van der Waals surface area contributed by atoms with Crippen LogP contribution in [-0.4, -0.2) is 21.9 Å². The Morgan fingerprint density at radius 2 is 2.29 bits per heavy atom. The van der Waals surface area contributed by atoms with Gasteiger partial charge in [-0.1, -0.05) is 41.2 Å². The summed E-state index contributed by atoms with van der Waals surface area (Å²) in [6, 6.07) is 7.63. The summed E-state index contributed by atoms with van der Waals surface area (Å²) in [5.74, 6) is 0.847. The van der Waals surface area contributed by atoms with E-state index in [1.165, 1.54) is 37.4 Å². The highest BCUT2D eigenvalue weighted by atomic mass is 33.1. The first-order valence-electron chi connectivity index (χ1n) is 4.90. The summed E-state index contributed by atoms with van der Waals surface area (Å²) in [6.07, 6.45) is -0.991. The summed E-state index contributed by atoms with van der Waals surface area (Å²) in [5, 5.41) is 9.64. The number of nitrogens with zero attached hydrogens (tertiary/aromatic N) is 2. The van der Waals surface area contributed by atoms with Crippen LogP contribution in [-0.2, 0) is 0 Å². The fraction of sp³-hybridized carbons (Fsp3) is 0.200. The molecule has 0 saturated carbocycles. The normalized spacial score (nSPS) is 10.6. The maximum Gasteiger partial charge on any atom is 0.424 e. The number of carbonyl (C=O) groups is 1. The van der Waals surface area contributed by atoms with Crippen molar-refractivity contribution in [1.29, 1.82) is 0 Å². The van der Waals surface area contributed by atoms with Gasteiger partial charge in [0.15, 0.2) is 0 Å². The van der Waals surface area contributed by atoms with Crippen molar-refractivity contribution in [2.24, 2.45) is 0 Å². The Hall–Kier alpha value is -0.920. The van der Waals surface area contributed by atoms with Crippen LogP contribution in [0.2, 0.25) is 0 Å². The fourth-order valence-electron chi connectivity index (χ4n) is 1.20. The average molecular weight is 286 g/mol. The second-order valence-electron chi connectivity index (χ2n) is 3.02. The molecule has 1 aromatic carbocycles.